The van der Waals surface area contributed by atoms with Gasteiger partial charge in [-0.25, -0.2) is 4.79 Å². The Balaban J connectivity index is 1.80. The first-order valence-corrected chi connectivity index (χ1v) is 7.39. The third-order valence-electron chi connectivity index (χ3n) is 3.75. The second-order valence-corrected chi connectivity index (χ2v) is 5.40. The molecule has 1 aromatic rings. The number of hydrogen-bond acceptors (Lipinski definition) is 4. The Morgan fingerprint density at radius 2 is 2.05 bits per heavy atom. The molecule has 1 amide bonds. The lowest BCUT2D eigenvalue weighted by atomic mass is 10.1. The molecule has 0 radical (unpaired) electrons. The highest BCUT2D eigenvalue weighted by molar-refractivity contribution is 5.96. The largest absolute Gasteiger partial charge is 0.427 e. The lowest BCUT2D eigenvalue weighted by Crippen LogP contribution is -3.14. The van der Waals surface area contributed by atoms with Gasteiger partial charge in [0, 0.05) is 19.0 Å². The number of hydrogen-bond donors (Lipinski definition) is 2. The van der Waals surface area contributed by atoms with E-state index in [0.29, 0.717) is 23.4 Å². The van der Waals surface area contributed by atoms with E-state index < -0.39 is 5.63 Å². The van der Waals surface area contributed by atoms with Crippen LogP contribution in [0, 0.1) is 13.8 Å². The van der Waals surface area contributed by atoms with Gasteiger partial charge in [0.1, 0.15) is 18.8 Å². The summed E-state index contributed by atoms with van der Waals surface area (Å²) in [6.45, 7) is 8.77. The molecule has 1 aliphatic rings. The van der Waals surface area contributed by atoms with Crippen molar-refractivity contribution >= 4 is 5.91 Å². The Bertz CT molecular complexity index is 521. The van der Waals surface area contributed by atoms with Crippen molar-refractivity contribution in [2.45, 2.75) is 20.3 Å². The van der Waals surface area contributed by atoms with Gasteiger partial charge in [-0.15, -0.1) is 0 Å². The van der Waals surface area contributed by atoms with Crippen molar-refractivity contribution in [3.63, 3.8) is 0 Å². The van der Waals surface area contributed by atoms with Gasteiger partial charge in [0.2, 0.25) is 0 Å². The first kappa shape index (κ1) is 15.7. The van der Waals surface area contributed by atoms with E-state index in [1.54, 1.807) is 13.8 Å². The van der Waals surface area contributed by atoms with Crippen LogP contribution in [-0.2, 0) is 4.74 Å². The van der Waals surface area contributed by atoms with Crippen LogP contribution in [-0.4, -0.2) is 45.3 Å². The highest BCUT2D eigenvalue weighted by Gasteiger charge is 2.16. The molecule has 0 aromatic carbocycles. The van der Waals surface area contributed by atoms with Gasteiger partial charge in [0.05, 0.1) is 25.3 Å². The third kappa shape index (κ3) is 4.41. The van der Waals surface area contributed by atoms with Crippen molar-refractivity contribution in [3.8, 4) is 0 Å². The van der Waals surface area contributed by atoms with Crippen molar-refractivity contribution in [1.82, 2.24) is 5.32 Å². The summed E-state index contributed by atoms with van der Waals surface area (Å²) in [7, 11) is 0. The fourth-order valence-corrected chi connectivity index (χ4v) is 2.64. The topological polar surface area (TPSA) is 73.0 Å². The third-order valence-corrected chi connectivity index (χ3v) is 3.75. The lowest BCUT2D eigenvalue weighted by Gasteiger charge is -2.23. The minimum absolute atomic E-state index is 0.175. The molecule has 6 heteroatoms. The van der Waals surface area contributed by atoms with E-state index in [9.17, 15) is 9.59 Å². The summed E-state index contributed by atoms with van der Waals surface area (Å²) in [6.07, 6.45) is 0.927. The Kier molecular flexibility index (Phi) is 5.52. The van der Waals surface area contributed by atoms with Crippen LogP contribution >= 0.6 is 0 Å². The minimum Gasteiger partial charge on any atom is -0.427 e. The second kappa shape index (κ2) is 7.38. The van der Waals surface area contributed by atoms with Gasteiger partial charge in [-0.3, -0.25) is 4.79 Å². The Morgan fingerprint density at radius 3 is 2.71 bits per heavy atom. The molecule has 21 heavy (non-hydrogen) atoms. The van der Waals surface area contributed by atoms with E-state index in [0.717, 1.165) is 39.3 Å². The summed E-state index contributed by atoms with van der Waals surface area (Å²) >= 11 is 0. The molecule has 1 aliphatic heterocycles. The lowest BCUT2D eigenvalue weighted by molar-refractivity contribution is -0.908. The molecule has 2 rings (SSSR count). The Hall–Kier alpha value is -1.66. The van der Waals surface area contributed by atoms with Crippen molar-refractivity contribution in [1.29, 1.82) is 0 Å². The average Bonchev–Trinajstić information content (AvgIpc) is 2.43. The highest BCUT2D eigenvalue weighted by Crippen LogP contribution is 2.10. The quantitative estimate of drug-likeness (QED) is 0.704. The molecule has 0 saturated carbocycles. The van der Waals surface area contributed by atoms with Gasteiger partial charge in [-0.1, -0.05) is 0 Å². The summed E-state index contributed by atoms with van der Waals surface area (Å²) in [4.78, 5) is 24.9. The fourth-order valence-electron chi connectivity index (χ4n) is 2.64. The molecule has 2 N–H and O–H groups in total. The summed E-state index contributed by atoms with van der Waals surface area (Å²) < 4.78 is 10.3. The van der Waals surface area contributed by atoms with Crippen molar-refractivity contribution in [3.05, 3.63) is 33.4 Å². The van der Waals surface area contributed by atoms with Gasteiger partial charge < -0.3 is 19.4 Å². The molecule has 0 bridgehead atoms. The van der Waals surface area contributed by atoms with Gasteiger partial charge in [-0.05, 0) is 19.4 Å². The van der Waals surface area contributed by atoms with Crippen LogP contribution < -0.4 is 15.8 Å². The van der Waals surface area contributed by atoms with E-state index in [-0.39, 0.29) is 5.91 Å². The van der Waals surface area contributed by atoms with Crippen molar-refractivity contribution in [2.24, 2.45) is 0 Å². The smallest absolute Gasteiger partial charge is 0.336 e. The average molecular weight is 295 g/mol. The predicted octanol–water partition coefficient (Wildman–Crippen LogP) is -0.708. The molecular formula is C15H23N2O4+. The molecule has 1 fully saturated rings. The van der Waals surface area contributed by atoms with Crippen LogP contribution in [0.2, 0.25) is 0 Å². The van der Waals surface area contributed by atoms with Gasteiger partial charge in [0.15, 0.2) is 0 Å². The van der Waals surface area contributed by atoms with Crippen LogP contribution in [0.4, 0.5) is 0 Å². The molecular weight excluding hydrogens is 272 g/mol. The van der Waals surface area contributed by atoms with Crippen LogP contribution in [0.25, 0.3) is 0 Å². The summed E-state index contributed by atoms with van der Waals surface area (Å²) in [5.74, 6) is 0.196. The maximum atomic E-state index is 12.1. The van der Waals surface area contributed by atoms with E-state index in [4.69, 9.17) is 9.15 Å². The standard InChI is InChI=1S/C15H22N2O4/c1-11-10-13(18)21-12(2)14(11)15(19)16-4-3-5-17-6-8-20-9-7-17/h10H,3-9H2,1-2H3,(H,16,19)/p+1. The number of ether oxygens (including phenoxy) is 1. The van der Waals surface area contributed by atoms with E-state index in [1.165, 1.54) is 11.0 Å². The molecule has 0 unspecified atom stereocenters. The molecule has 6 nitrogen and oxygen atoms in total. The van der Waals surface area contributed by atoms with Crippen LogP contribution in [0.5, 0.6) is 0 Å². The van der Waals surface area contributed by atoms with E-state index >= 15 is 0 Å². The number of aryl methyl sites for hydroxylation is 2. The van der Waals surface area contributed by atoms with Gasteiger partial charge >= 0.3 is 5.63 Å². The van der Waals surface area contributed by atoms with E-state index in [1.807, 2.05) is 0 Å². The SMILES string of the molecule is Cc1cc(=O)oc(C)c1C(=O)NCCC[NH+]1CCOCC1. The Labute approximate surface area is 124 Å². The second-order valence-electron chi connectivity index (χ2n) is 5.40. The predicted molar refractivity (Wildman–Crippen MR) is 77.8 cm³/mol. The maximum absolute atomic E-state index is 12.1. The summed E-state index contributed by atoms with van der Waals surface area (Å²) in [6, 6.07) is 1.35. The first-order chi connectivity index (χ1) is 10.1. The van der Waals surface area contributed by atoms with Gasteiger partial charge in [0.25, 0.3) is 5.91 Å². The Morgan fingerprint density at radius 1 is 1.33 bits per heavy atom. The number of carbonyl (C=O) groups is 1. The first-order valence-electron chi connectivity index (χ1n) is 7.39. The van der Waals surface area contributed by atoms with Crippen LogP contribution in [0.15, 0.2) is 15.3 Å². The fraction of sp³-hybridized carbons (Fsp3) is 0.600. The zero-order valence-electron chi connectivity index (χ0n) is 12.7. The maximum Gasteiger partial charge on any atom is 0.336 e. The number of quaternary nitrogens is 1. The normalized spacial score (nSPS) is 15.9. The van der Waals surface area contributed by atoms with Crippen molar-refractivity contribution in [2.75, 3.05) is 39.4 Å². The molecule has 0 spiro atoms. The molecule has 1 aromatic heterocycles. The number of nitrogens with one attached hydrogen (secondary N) is 2. The number of carbonyl (C=O) groups excluding carboxylic acids is 1. The van der Waals surface area contributed by atoms with Gasteiger partial charge in [-0.2, -0.15) is 0 Å². The monoisotopic (exact) mass is 295 g/mol. The molecule has 0 atom stereocenters. The highest BCUT2D eigenvalue weighted by atomic mass is 16.5. The zero-order valence-corrected chi connectivity index (χ0v) is 12.7. The summed E-state index contributed by atoms with van der Waals surface area (Å²) in [5.41, 5.74) is 0.700. The van der Waals surface area contributed by atoms with Crippen molar-refractivity contribution < 1.29 is 18.8 Å². The van der Waals surface area contributed by atoms with Crippen LogP contribution in [0.1, 0.15) is 28.1 Å². The van der Waals surface area contributed by atoms with E-state index in [2.05, 4.69) is 5.32 Å². The minimum atomic E-state index is -0.419. The molecule has 2 heterocycles. The molecule has 0 aliphatic carbocycles. The molecule has 116 valence electrons. The molecule has 1 saturated heterocycles. The number of amides is 1. The van der Waals surface area contributed by atoms with Crippen LogP contribution in [0.3, 0.4) is 0 Å². The summed E-state index contributed by atoms with van der Waals surface area (Å²) in [5, 5.41) is 2.89. The number of rotatable bonds is 5. The zero-order chi connectivity index (χ0) is 15.2. The number of morpholine rings is 1.